The standard InChI is InChI=1S/C13H18BrFN2O2S2/c1-21(18,19)13-8-20-5-4-17(13)12(7-16)10-3-2-9(14)6-11(10)15/h2-3,6,12-13H,4-5,7-8,16H2,1H3. The normalized spacial score (nSPS) is 22.2. The summed E-state index contributed by atoms with van der Waals surface area (Å²) in [6, 6.07) is 4.36. The van der Waals surface area contributed by atoms with Gasteiger partial charge in [-0.25, -0.2) is 12.8 Å². The topological polar surface area (TPSA) is 63.4 Å². The molecule has 8 heteroatoms. The lowest BCUT2D eigenvalue weighted by molar-refractivity contribution is 0.194. The number of thioether (sulfide) groups is 1. The number of nitrogens with zero attached hydrogens (tertiary/aromatic N) is 1. The van der Waals surface area contributed by atoms with Crippen LogP contribution in [0.25, 0.3) is 0 Å². The Kier molecular flexibility index (Phi) is 5.70. The predicted octanol–water partition coefficient (Wildman–Crippen LogP) is 2.01. The number of rotatable bonds is 4. The molecular formula is C13H18BrFN2O2S2. The SMILES string of the molecule is CS(=O)(=O)C1CSCCN1C(CN)c1ccc(Br)cc1F. The number of sulfone groups is 1. The third-order valence-corrected chi connectivity index (χ3v) is 6.72. The lowest BCUT2D eigenvalue weighted by Crippen LogP contribution is -2.50. The first-order valence-electron chi connectivity index (χ1n) is 6.52. The first-order valence-corrected chi connectivity index (χ1v) is 10.4. The van der Waals surface area contributed by atoms with Crippen molar-refractivity contribution in [2.24, 2.45) is 5.73 Å². The first kappa shape index (κ1) is 17.2. The van der Waals surface area contributed by atoms with Crippen molar-refractivity contribution in [3.05, 3.63) is 34.1 Å². The van der Waals surface area contributed by atoms with E-state index in [0.29, 0.717) is 22.3 Å². The Morgan fingerprint density at radius 3 is 2.86 bits per heavy atom. The van der Waals surface area contributed by atoms with Gasteiger partial charge in [0.2, 0.25) is 0 Å². The highest BCUT2D eigenvalue weighted by Crippen LogP contribution is 2.31. The number of hydrogen-bond acceptors (Lipinski definition) is 5. The summed E-state index contributed by atoms with van der Waals surface area (Å²) < 4.78 is 38.8. The van der Waals surface area contributed by atoms with Crippen molar-refractivity contribution in [2.45, 2.75) is 11.4 Å². The highest BCUT2D eigenvalue weighted by molar-refractivity contribution is 9.10. The van der Waals surface area contributed by atoms with Gasteiger partial charge in [0.15, 0.2) is 9.84 Å². The van der Waals surface area contributed by atoms with Crippen LogP contribution in [0.4, 0.5) is 4.39 Å². The van der Waals surface area contributed by atoms with Gasteiger partial charge in [-0.2, -0.15) is 11.8 Å². The minimum Gasteiger partial charge on any atom is -0.329 e. The molecule has 1 aromatic carbocycles. The lowest BCUT2D eigenvalue weighted by Gasteiger charge is -2.39. The van der Waals surface area contributed by atoms with Crippen molar-refractivity contribution >= 4 is 37.5 Å². The Balaban J connectivity index is 2.38. The van der Waals surface area contributed by atoms with Gasteiger partial charge in [0.05, 0.1) is 6.04 Å². The Bertz CT molecular complexity index is 612. The molecule has 118 valence electrons. The van der Waals surface area contributed by atoms with Crippen LogP contribution < -0.4 is 5.73 Å². The van der Waals surface area contributed by atoms with E-state index < -0.39 is 21.3 Å². The van der Waals surface area contributed by atoms with E-state index in [0.717, 1.165) is 5.75 Å². The number of benzene rings is 1. The summed E-state index contributed by atoms with van der Waals surface area (Å²) in [6.45, 7) is 0.759. The molecule has 1 aliphatic rings. The fourth-order valence-electron chi connectivity index (χ4n) is 2.53. The Morgan fingerprint density at radius 2 is 2.29 bits per heavy atom. The molecule has 21 heavy (non-hydrogen) atoms. The average Bonchev–Trinajstić information content (AvgIpc) is 2.41. The summed E-state index contributed by atoms with van der Waals surface area (Å²) in [5.74, 6) is 0.944. The average molecular weight is 397 g/mol. The molecule has 1 aliphatic heterocycles. The van der Waals surface area contributed by atoms with Crippen molar-refractivity contribution in [3.63, 3.8) is 0 Å². The molecule has 1 saturated heterocycles. The van der Waals surface area contributed by atoms with Crippen molar-refractivity contribution in [3.8, 4) is 0 Å². The van der Waals surface area contributed by atoms with Gasteiger partial charge in [0.1, 0.15) is 11.2 Å². The molecule has 4 nitrogen and oxygen atoms in total. The molecule has 0 saturated carbocycles. The summed E-state index contributed by atoms with van der Waals surface area (Å²) in [5.41, 5.74) is 6.27. The summed E-state index contributed by atoms with van der Waals surface area (Å²) in [4.78, 5) is 1.82. The van der Waals surface area contributed by atoms with Crippen LogP contribution in [-0.4, -0.2) is 49.5 Å². The van der Waals surface area contributed by atoms with Crippen molar-refractivity contribution in [1.29, 1.82) is 0 Å². The van der Waals surface area contributed by atoms with E-state index in [1.807, 2.05) is 4.90 Å². The molecule has 2 N–H and O–H groups in total. The maximum Gasteiger partial charge on any atom is 0.164 e. The van der Waals surface area contributed by atoms with Crippen LogP contribution in [0.2, 0.25) is 0 Å². The lowest BCUT2D eigenvalue weighted by atomic mass is 10.0. The van der Waals surface area contributed by atoms with E-state index in [1.54, 1.807) is 23.9 Å². The van der Waals surface area contributed by atoms with Gasteiger partial charge in [-0.1, -0.05) is 22.0 Å². The molecule has 0 bridgehead atoms. The summed E-state index contributed by atoms with van der Waals surface area (Å²) >= 11 is 4.82. The van der Waals surface area contributed by atoms with E-state index in [9.17, 15) is 12.8 Å². The van der Waals surface area contributed by atoms with Gasteiger partial charge in [-0.05, 0) is 12.1 Å². The van der Waals surface area contributed by atoms with Crippen LogP contribution in [0.1, 0.15) is 11.6 Å². The van der Waals surface area contributed by atoms with Crippen LogP contribution in [0.3, 0.4) is 0 Å². The molecule has 2 unspecified atom stereocenters. The Labute approximate surface area is 137 Å². The summed E-state index contributed by atoms with van der Waals surface area (Å²) in [7, 11) is -3.24. The minimum atomic E-state index is -3.24. The second-order valence-electron chi connectivity index (χ2n) is 5.01. The van der Waals surface area contributed by atoms with Crippen molar-refractivity contribution in [2.75, 3.05) is 30.9 Å². The Hall–Kier alpha value is -0.150. The van der Waals surface area contributed by atoms with Crippen molar-refractivity contribution < 1.29 is 12.8 Å². The van der Waals surface area contributed by atoms with Gasteiger partial charge in [-0.15, -0.1) is 0 Å². The molecule has 0 spiro atoms. The quantitative estimate of drug-likeness (QED) is 0.842. The molecule has 0 radical (unpaired) electrons. The minimum absolute atomic E-state index is 0.176. The van der Waals surface area contributed by atoms with Gasteiger partial charge >= 0.3 is 0 Å². The van der Waals surface area contributed by atoms with Crippen LogP contribution in [-0.2, 0) is 9.84 Å². The zero-order chi connectivity index (χ0) is 15.6. The fraction of sp³-hybridized carbons (Fsp3) is 0.538. The first-order chi connectivity index (χ1) is 9.84. The van der Waals surface area contributed by atoms with Gasteiger partial charge in [0, 0.05) is 40.9 Å². The molecular weight excluding hydrogens is 379 g/mol. The van der Waals surface area contributed by atoms with E-state index in [4.69, 9.17) is 5.73 Å². The number of halogens is 2. The molecule has 1 aromatic rings. The molecule has 1 heterocycles. The number of hydrogen-bond donors (Lipinski definition) is 1. The van der Waals surface area contributed by atoms with E-state index in [-0.39, 0.29) is 12.4 Å². The van der Waals surface area contributed by atoms with Crippen LogP contribution in [0.15, 0.2) is 22.7 Å². The predicted molar refractivity (Wildman–Crippen MR) is 88.6 cm³/mol. The Morgan fingerprint density at radius 1 is 1.57 bits per heavy atom. The van der Waals surface area contributed by atoms with Gasteiger partial charge < -0.3 is 5.73 Å². The largest absolute Gasteiger partial charge is 0.329 e. The van der Waals surface area contributed by atoms with E-state index >= 15 is 0 Å². The summed E-state index contributed by atoms with van der Waals surface area (Å²) in [5, 5.41) is -0.618. The molecule has 2 rings (SSSR count). The highest BCUT2D eigenvalue weighted by Gasteiger charge is 2.36. The second-order valence-corrected chi connectivity index (χ2v) is 9.28. The molecule has 1 fully saturated rings. The molecule has 2 atom stereocenters. The smallest absolute Gasteiger partial charge is 0.164 e. The van der Waals surface area contributed by atoms with E-state index in [1.165, 1.54) is 12.3 Å². The monoisotopic (exact) mass is 396 g/mol. The van der Waals surface area contributed by atoms with Crippen LogP contribution in [0.5, 0.6) is 0 Å². The van der Waals surface area contributed by atoms with E-state index in [2.05, 4.69) is 15.9 Å². The third-order valence-electron chi connectivity index (χ3n) is 3.56. The zero-order valence-corrected chi connectivity index (χ0v) is 14.8. The maximum atomic E-state index is 14.2. The molecule has 0 aliphatic carbocycles. The van der Waals surface area contributed by atoms with Crippen LogP contribution >= 0.6 is 27.7 Å². The van der Waals surface area contributed by atoms with Gasteiger partial charge in [-0.3, -0.25) is 4.90 Å². The maximum absolute atomic E-state index is 14.2. The fourth-order valence-corrected chi connectivity index (χ4v) is 5.79. The molecule has 0 aromatic heterocycles. The second kappa shape index (κ2) is 6.95. The number of nitrogens with two attached hydrogens (primary N) is 1. The highest BCUT2D eigenvalue weighted by atomic mass is 79.9. The van der Waals surface area contributed by atoms with Crippen LogP contribution in [0, 0.1) is 5.82 Å². The van der Waals surface area contributed by atoms with Crippen molar-refractivity contribution in [1.82, 2.24) is 4.90 Å². The van der Waals surface area contributed by atoms with Gasteiger partial charge in [0.25, 0.3) is 0 Å². The zero-order valence-electron chi connectivity index (χ0n) is 11.6. The third kappa shape index (κ3) is 3.98. The molecule has 0 amide bonds. The summed E-state index contributed by atoms with van der Waals surface area (Å²) in [6.07, 6.45) is 1.22.